The van der Waals surface area contributed by atoms with Gasteiger partial charge in [0.2, 0.25) is 10.0 Å². The molecular formula is C17H27N3O5S. The van der Waals surface area contributed by atoms with E-state index in [9.17, 15) is 13.2 Å². The summed E-state index contributed by atoms with van der Waals surface area (Å²) in [6, 6.07) is 5.92. The molecule has 0 bridgehead atoms. The van der Waals surface area contributed by atoms with Gasteiger partial charge in [-0.25, -0.2) is 13.1 Å². The Morgan fingerprint density at radius 1 is 1.19 bits per heavy atom. The predicted molar refractivity (Wildman–Crippen MR) is 97.7 cm³/mol. The lowest BCUT2D eigenvalue weighted by atomic mass is 10.2. The Bertz CT molecular complexity index is 657. The zero-order valence-electron chi connectivity index (χ0n) is 15.1. The van der Waals surface area contributed by atoms with Gasteiger partial charge >= 0.3 is 0 Å². The quantitative estimate of drug-likeness (QED) is 0.553. The van der Waals surface area contributed by atoms with Crippen molar-refractivity contribution in [3.63, 3.8) is 0 Å². The van der Waals surface area contributed by atoms with Crippen LogP contribution in [-0.2, 0) is 19.5 Å². The third kappa shape index (κ3) is 6.65. The molecule has 1 fully saturated rings. The van der Waals surface area contributed by atoms with Crippen LogP contribution in [0, 0.1) is 0 Å². The SMILES string of the molecule is COCCCNS(=O)(=O)c1ccc(C(=O)NCCN2CCOCC2)cc1. The van der Waals surface area contributed by atoms with Crippen molar-refractivity contribution in [2.45, 2.75) is 11.3 Å². The highest BCUT2D eigenvalue weighted by atomic mass is 32.2. The molecule has 1 aromatic carbocycles. The second-order valence-corrected chi connectivity index (χ2v) is 7.75. The molecule has 0 radical (unpaired) electrons. The fourth-order valence-corrected chi connectivity index (χ4v) is 3.62. The van der Waals surface area contributed by atoms with Crippen molar-refractivity contribution < 1.29 is 22.7 Å². The van der Waals surface area contributed by atoms with Crippen molar-refractivity contribution in [2.75, 3.05) is 59.7 Å². The molecule has 0 spiro atoms. The highest BCUT2D eigenvalue weighted by Gasteiger charge is 2.15. The molecule has 1 amide bonds. The number of morpholine rings is 1. The van der Waals surface area contributed by atoms with Crippen LogP contribution in [0.25, 0.3) is 0 Å². The number of nitrogens with one attached hydrogen (secondary N) is 2. The first-order valence-electron chi connectivity index (χ1n) is 8.70. The van der Waals surface area contributed by atoms with E-state index in [0.29, 0.717) is 31.7 Å². The predicted octanol–water partition coefficient (Wildman–Crippen LogP) is 0.0634. The van der Waals surface area contributed by atoms with Gasteiger partial charge in [0, 0.05) is 52.0 Å². The van der Waals surface area contributed by atoms with Crippen molar-refractivity contribution in [3.05, 3.63) is 29.8 Å². The molecule has 0 aliphatic carbocycles. The van der Waals surface area contributed by atoms with E-state index in [4.69, 9.17) is 9.47 Å². The lowest BCUT2D eigenvalue weighted by Gasteiger charge is -2.26. The largest absolute Gasteiger partial charge is 0.385 e. The third-order valence-corrected chi connectivity index (χ3v) is 5.54. The monoisotopic (exact) mass is 385 g/mol. The molecule has 0 unspecified atom stereocenters. The van der Waals surface area contributed by atoms with Gasteiger partial charge in [0.1, 0.15) is 0 Å². The highest BCUT2D eigenvalue weighted by molar-refractivity contribution is 7.89. The Morgan fingerprint density at radius 3 is 2.54 bits per heavy atom. The molecule has 1 aliphatic rings. The van der Waals surface area contributed by atoms with Gasteiger partial charge in [-0.05, 0) is 30.7 Å². The number of hydrogen-bond donors (Lipinski definition) is 2. The van der Waals surface area contributed by atoms with Crippen molar-refractivity contribution in [3.8, 4) is 0 Å². The molecule has 0 saturated carbocycles. The van der Waals surface area contributed by atoms with Crippen LogP contribution >= 0.6 is 0 Å². The Kier molecular flexibility index (Phi) is 8.46. The average molecular weight is 385 g/mol. The summed E-state index contributed by atoms with van der Waals surface area (Å²) in [7, 11) is -2.00. The van der Waals surface area contributed by atoms with Gasteiger partial charge < -0.3 is 14.8 Å². The molecule has 0 aromatic heterocycles. The van der Waals surface area contributed by atoms with Gasteiger partial charge in [0.25, 0.3) is 5.91 Å². The van der Waals surface area contributed by atoms with Gasteiger partial charge in [0.05, 0.1) is 18.1 Å². The van der Waals surface area contributed by atoms with Crippen molar-refractivity contribution in [1.82, 2.24) is 14.9 Å². The zero-order chi connectivity index (χ0) is 18.8. The van der Waals surface area contributed by atoms with Crippen LogP contribution in [0.4, 0.5) is 0 Å². The average Bonchev–Trinajstić information content (AvgIpc) is 2.66. The lowest BCUT2D eigenvalue weighted by Crippen LogP contribution is -2.41. The van der Waals surface area contributed by atoms with Crippen LogP contribution in [0.15, 0.2) is 29.2 Å². The first kappa shape index (κ1) is 20.8. The molecule has 0 atom stereocenters. The molecule has 146 valence electrons. The van der Waals surface area contributed by atoms with Crippen LogP contribution in [0.3, 0.4) is 0 Å². The van der Waals surface area contributed by atoms with E-state index in [1.807, 2.05) is 0 Å². The van der Waals surface area contributed by atoms with E-state index in [0.717, 1.165) is 32.8 Å². The van der Waals surface area contributed by atoms with Crippen LogP contribution in [-0.4, -0.2) is 78.9 Å². The van der Waals surface area contributed by atoms with Gasteiger partial charge in [-0.15, -0.1) is 0 Å². The topological polar surface area (TPSA) is 97.0 Å². The van der Waals surface area contributed by atoms with E-state index in [2.05, 4.69) is 14.9 Å². The minimum Gasteiger partial charge on any atom is -0.385 e. The molecule has 1 aromatic rings. The maximum absolute atomic E-state index is 12.2. The number of methoxy groups -OCH3 is 1. The van der Waals surface area contributed by atoms with Crippen LogP contribution in [0.1, 0.15) is 16.8 Å². The maximum atomic E-state index is 12.2. The molecule has 1 aliphatic heterocycles. The van der Waals surface area contributed by atoms with Crippen molar-refractivity contribution in [2.24, 2.45) is 0 Å². The van der Waals surface area contributed by atoms with E-state index < -0.39 is 10.0 Å². The summed E-state index contributed by atoms with van der Waals surface area (Å²) in [4.78, 5) is 14.5. The second kappa shape index (κ2) is 10.6. The highest BCUT2D eigenvalue weighted by Crippen LogP contribution is 2.10. The Labute approximate surface area is 154 Å². The van der Waals surface area contributed by atoms with Crippen molar-refractivity contribution >= 4 is 15.9 Å². The molecule has 8 nitrogen and oxygen atoms in total. The molecular weight excluding hydrogens is 358 g/mol. The van der Waals surface area contributed by atoms with E-state index in [-0.39, 0.29) is 10.8 Å². The summed E-state index contributed by atoms with van der Waals surface area (Å²) in [5.74, 6) is -0.213. The van der Waals surface area contributed by atoms with E-state index >= 15 is 0 Å². The van der Waals surface area contributed by atoms with E-state index in [1.54, 1.807) is 7.11 Å². The smallest absolute Gasteiger partial charge is 0.251 e. The zero-order valence-corrected chi connectivity index (χ0v) is 15.9. The third-order valence-electron chi connectivity index (χ3n) is 4.06. The van der Waals surface area contributed by atoms with Crippen LogP contribution in [0.5, 0.6) is 0 Å². The summed E-state index contributed by atoms with van der Waals surface area (Å²) in [6.07, 6.45) is 0.597. The summed E-state index contributed by atoms with van der Waals surface area (Å²) in [6.45, 7) is 5.31. The fraction of sp³-hybridized carbons (Fsp3) is 0.588. The number of carbonyl (C=O) groups excluding carboxylic acids is 1. The molecule has 1 heterocycles. The maximum Gasteiger partial charge on any atom is 0.251 e. The van der Waals surface area contributed by atoms with Gasteiger partial charge in [-0.3, -0.25) is 9.69 Å². The molecule has 2 N–H and O–H groups in total. The number of sulfonamides is 1. The second-order valence-electron chi connectivity index (χ2n) is 5.98. The lowest BCUT2D eigenvalue weighted by molar-refractivity contribution is 0.0383. The number of hydrogen-bond acceptors (Lipinski definition) is 6. The Morgan fingerprint density at radius 2 is 1.88 bits per heavy atom. The van der Waals surface area contributed by atoms with E-state index in [1.165, 1.54) is 24.3 Å². The number of benzene rings is 1. The number of carbonyl (C=O) groups is 1. The van der Waals surface area contributed by atoms with Gasteiger partial charge in [0.15, 0.2) is 0 Å². The normalized spacial score (nSPS) is 15.7. The molecule has 9 heteroatoms. The minimum atomic E-state index is -3.57. The van der Waals surface area contributed by atoms with Crippen molar-refractivity contribution in [1.29, 1.82) is 0 Å². The van der Waals surface area contributed by atoms with Crippen LogP contribution < -0.4 is 10.0 Å². The Hall–Kier alpha value is -1.52. The van der Waals surface area contributed by atoms with Crippen LogP contribution in [0.2, 0.25) is 0 Å². The first-order chi connectivity index (χ1) is 12.5. The molecule has 26 heavy (non-hydrogen) atoms. The number of nitrogens with zero attached hydrogens (tertiary/aromatic N) is 1. The number of ether oxygens (including phenoxy) is 2. The van der Waals surface area contributed by atoms with Gasteiger partial charge in [-0.1, -0.05) is 0 Å². The summed E-state index contributed by atoms with van der Waals surface area (Å²) >= 11 is 0. The fourth-order valence-electron chi connectivity index (χ4n) is 2.55. The molecule has 1 saturated heterocycles. The minimum absolute atomic E-state index is 0.139. The summed E-state index contributed by atoms with van der Waals surface area (Å²) < 4.78 is 37.0. The summed E-state index contributed by atoms with van der Waals surface area (Å²) in [5, 5.41) is 2.85. The molecule has 2 rings (SSSR count). The summed E-state index contributed by atoms with van der Waals surface area (Å²) in [5.41, 5.74) is 0.435. The Balaban J connectivity index is 1.80. The first-order valence-corrected chi connectivity index (χ1v) is 10.2. The van der Waals surface area contributed by atoms with Gasteiger partial charge in [-0.2, -0.15) is 0 Å². The number of amides is 1. The standard InChI is InChI=1S/C17H27N3O5S/c1-24-12-2-7-19-26(22,23)16-5-3-15(4-6-16)17(21)18-8-9-20-10-13-25-14-11-20/h3-6,19H,2,7-14H2,1H3,(H,18,21). The number of rotatable bonds is 10.